The molecule has 1 aliphatic rings. The number of hydrogen-bond acceptors (Lipinski definition) is 6. The van der Waals surface area contributed by atoms with Gasteiger partial charge >= 0.3 is 17.9 Å². The van der Waals surface area contributed by atoms with E-state index in [4.69, 9.17) is 9.15 Å². The molecule has 0 amide bonds. The maximum atomic E-state index is 13.5. The predicted octanol–water partition coefficient (Wildman–Crippen LogP) is 2.48. The highest BCUT2D eigenvalue weighted by atomic mass is 19.4. The number of esters is 1. The van der Waals surface area contributed by atoms with Crippen LogP contribution in [0.4, 0.5) is 13.2 Å². The third kappa shape index (κ3) is 4.05. The van der Waals surface area contributed by atoms with Gasteiger partial charge in [-0.3, -0.25) is 4.90 Å². The third-order valence-corrected chi connectivity index (χ3v) is 4.61. The number of aromatic nitrogens is 2. The number of rotatable bonds is 4. The number of likely N-dealkylation sites (tertiary alicyclic amines) is 1. The lowest BCUT2D eigenvalue weighted by Gasteiger charge is -2.36. The van der Waals surface area contributed by atoms with E-state index in [0.717, 1.165) is 13.2 Å². The van der Waals surface area contributed by atoms with Crippen LogP contribution >= 0.6 is 0 Å². The maximum Gasteiger partial charge on any atom is 0.434 e. The molecule has 2 aromatic rings. The van der Waals surface area contributed by atoms with E-state index in [-0.39, 0.29) is 23.9 Å². The van der Waals surface area contributed by atoms with Gasteiger partial charge in [0.25, 0.3) is 0 Å². The SMILES string of the molecule is COC(=O)C(c1ccccc1C(F)(F)F)N1CCCC(c2n[nH]c(=O)o2)C1. The normalized spacial score (nSPS) is 19.6. The van der Waals surface area contributed by atoms with Gasteiger partial charge in [-0.2, -0.15) is 13.2 Å². The fraction of sp³-hybridized carbons (Fsp3) is 0.471. The molecule has 0 spiro atoms. The lowest BCUT2D eigenvalue weighted by Crippen LogP contribution is -2.42. The first kappa shape index (κ1) is 19.2. The molecule has 1 aromatic heterocycles. The number of carbonyl (C=O) groups is 1. The Bertz CT molecular complexity index is 861. The van der Waals surface area contributed by atoms with Gasteiger partial charge in [-0.05, 0) is 31.0 Å². The average molecular weight is 385 g/mol. The molecule has 0 saturated carbocycles. The minimum atomic E-state index is -4.60. The second-order valence-corrected chi connectivity index (χ2v) is 6.30. The molecule has 2 atom stereocenters. The zero-order valence-electron chi connectivity index (χ0n) is 14.5. The number of nitrogens with zero attached hydrogens (tertiary/aromatic N) is 2. The summed E-state index contributed by atoms with van der Waals surface area (Å²) >= 11 is 0. The van der Waals surface area contributed by atoms with E-state index in [1.807, 2.05) is 0 Å². The number of alkyl halides is 3. The van der Waals surface area contributed by atoms with E-state index < -0.39 is 29.5 Å². The van der Waals surface area contributed by atoms with Gasteiger partial charge in [-0.1, -0.05) is 18.2 Å². The second-order valence-electron chi connectivity index (χ2n) is 6.30. The number of nitrogens with one attached hydrogen (secondary N) is 1. The summed E-state index contributed by atoms with van der Waals surface area (Å²) in [6.45, 7) is 0.608. The average Bonchev–Trinajstić information content (AvgIpc) is 3.08. The topological polar surface area (TPSA) is 88.4 Å². The number of carbonyl (C=O) groups excluding carboxylic acids is 1. The van der Waals surface area contributed by atoms with Crippen molar-refractivity contribution in [3.63, 3.8) is 0 Å². The van der Waals surface area contributed by atoms with Crippen molar-refractivity contribution in [1.82, 2.24) is 15.1 Å². The molecule has 0 bridgehead atoms. The molecule has 0 aliphatic carbocycles. The van der Waals surface area contributed by atoms with Crippen LogP contribution in [0.25, 0.3) is 0 Å². The molecule has 1 aliphatic heterocycles. The summed E-state index contributed by atoms with van der Waals surface area (Å²) in [6, 6.07) is 3.73. The van der Waals surface area contributed by atoms with E-state index in [1.165, 1.54) is 18.2 Å². The van der Waals surface area contributed by atoms with Gasteiger partial charge in [0, 0.05) is 6.54 Å². The first-order chi connectivity index (χ1) is 12.8. The number of ether oxygens (including phenoxy) is 1. The van der Waals surface area contributed by atoms with Gasteiger partial charge in [0.1, 0.15) is 6.04 Å². The lowest BCUT2D eigenvalue weighted by molar-refractivity contribution is -0.149. The molecule has 1 aromatic carbocycles. The molecule has 2 unspecified atom stereocenters. The number of benzene rings is 1. The van der Waals surface area contributed by atoms with Gasteiger partial charge in [-0.25, -0.2) is 14.7 Å². The Labute approximate surface area is 152 Å². The number of hydrogen-bond donors (Lipinski definition) is 1. The van der Waals surface area contributed by atoms with Crippen LogP contribution in [0, 0.1) is 0 Å². The summed E-state index contributed by atoms with van der Waals surface area (Å²) in [5.74, 6) is -1.62. The molecule has 27 heavy (non-hydrogen) atoms. The standard InChI is InChI=1S/C17H18F3N3O4/c1-26-15(24)13(11-6-2-3-7-12(11)17(18,19)20)23-8-4-5-10(9-23)14-21-22-16(25)27-14/h2-3,6-7,10,13H,4-5,8-9H2,1H3,(H,22,25). The van der Waals surface area contributed by atoms with Gasteiger partial charge in [0.05, 0.1) is 18.6 Å². The highest BCUT2D eigenvalue weighted by Crippen LogP contribution is 2.38. The van der Waals surface area contributed by atoms with Crippen molar-refractivity contribution in [2.75, 3.05) is 20.2 Å². The number of H-pyrrole nitrogens is 1. The summed E-state index contributed by atoms with van der Waals surface area (Å²) < 4.78 is 50.1. The minimum Gasteiger partial charge on any atom is -0.468 e. The summed E-state index contributed by atoms with van der Waals surface area (Å²) in [7, 11) is 1.14. The molecular weight excluding hydrogens is 367 g/mol. The van der Waals surface area contributed by atoms with Crippen LogP contribution in [0.5, 0.6) is 0 Å². The van der Waals surface area contributed by atoms with E-state index in [9.17, 15) is 22.8 Å². The number of halogens is 3. The Kier molecular flexibility index (Phi) is 5.36. The molecule has 1 fully saturated rings. The van der Waals surface area contributed by atoms with Crippen molar-refractivity contribution >= 4 is 5.97 Å². The number of piperidine rings is 1. The Morgan fingerprint density at radius 2 is 2.15 bits per heavy atom. The summed E-state index contributed by atoms with van der Waals surface area (Å²) in [5, 5.41) is 5.97. The molecule has 3 rings (SSSR count). The van der Waals surface area contributed by atoms with E-state index in [2.05, 4.69) is 10.2 Å². The minimum absolute atomic E-state index is 0.166. The van der Waals surface area contributed by atoms with Crippen molar-refractivity contribution < 1.29 is 27.1 Å². The number of methoxy groups -OCH3 is 1. The predicted molar refractivity (Wildman–Crippen MR) is 86.9 cm³/mol. The zero-order valence-corrected chi connectivity index (χ0v) is 14.5. The van der Waals surface area contributed by atoms with Crippen molar-refractivity contribution in [1.29, 1.82) is 0 Å². The first-order valence-corrected chi connectivity index (χ1v) is 8.34. The lowest BCUT2D eigenvalue weighted by atomic mass is 9.92. The van der Waals surface area contributed by atoms with E-state index in [1.54, 1.807) is 4.90 Å². The van der Waals surface area contributed by atoms with E-state index >= 15 is 0 Å². The zero-order chi connectivity index (χ0) is 19.6. The summed E-state index contributed by atoms with van der Waals surface area (Å²) in [6.07, 6.45) is -3.37. The molecule has 1 N–H and O–H groups in total. The molecule has 2 heterocycles. The van der Waals surface area contributed by atoms with Gasteiger partial charge < -0.3 is 9.15 Å². The van der Waals surface area contributed by atoms with Gasteiger partial charge in [-0.15, -0.1) is 5.10 Å². The monoisotopic (exact) mass is 385 g/mol. The van der Waals surface area contributed by atoms with Crippen LogP contribution in [0.15, 0.2) is 33.5 Å². The Morgan fingerprint density at radius 1 is 1.41 bits per heavy atom. The molecule has 1 saturated heterocycles. The molecular formula is C17H18F3N3O4. The van der Waals surface area contributed by atoms with Crippen LogP contribution in [-0.4, -0.2) is 41.3 Å². The van der Waals surface area contributed by atoms with Crippen molar-refractivity contribution in [2.24, 2.45) is 0 Å². The number of aromatic amines is 1. The molecule has 10 heteroatoms. The smallest absolute Gasteiger partial charge is 0.434 e. The van der Waals surface area contributed by atoms with Crippen molar-refractivity contribution in [2.45, 2.75) is 31.0 Å². The van der Waals surface area contributed by atoms with E-state index in [0.29, 0.717) is 19.4 Å². The second kappa shape index (κ2) is 7.55. The molecule has 146 valence electrons. The summed E-state index contributed by atoms with van der Waals surface area (Å²) in [4.78, 5) is 25.2. The largest absolute Gasteiger partial charge is 0.468 e. The Balaban J connectivity index is 1.96. The van der Waals surface area contributed by atoms with Crippen molar-refractivity contribution in [3.8, 4) is 0 Å². The van der Waals surface area contributed by atoms with Crippen LogP contribution in [-0.2, 0) is 15.7 Å². The fourth-order valence-electron chi connectivity index (χ4n) is 3.44. The van der Waals surface area contributed by atoms with Gasteiger partial charge in [0.15, 0.2) is 0 Å². The Hall–Kier alpha value is -2.62. The molecule has 0 radical (unpaired) electrons. The van der Waals surface area contributed by atoms with Crippen LogP contribution in [0.1, 0.15) is 41.8 Å². The first-order valence-electron chi connectivity index (χ1n) is 8.34. The van der Waals surface area contributed by atoms with Crippen LogP contribution in [0.2, 0.25) is 0 Å². The van der Waals surface area contributed by atoms with Crippen molar-refractivity contribution in [3.05, 3.63) is 51.8 Å². The van der Waals surface area contributed by atoms with Crippen LogP contribution < -0.4 is 5.76 Å². The Morgan fingerprint density at radius 3 is 2.78 bits per heavy atom. The fourth-order valence-corrected chi connectivity index (χ4v) is 3.44. The van der Waals surface area contributed by atoms with Gasteiger partial charge in [0.2, 0.25) is 5.89 Å². The van der Waals surface area contributed by atoms with Crippen LogP contribution in [0.3, 0.4) is 0 Å². The highest BCUT2D eigenvalue weighted by Gasteiger charge is 2.41. The highest BCUT2D eigenvalue weighted by molar-refractivity contribution is 5.78. The molecule has 7 nitrogen and oxygen atoms in total. The third-order valence-electron chi connectivity index (χ3n) is 4.61. The maximum absolute atomic E-state index is 13.5. The quantitative estimate of drug-likeness (QED) is 0.814. The summed E-state index contributed by atoms with van der Waals surface area (Å²) in [5.41, 5.74) is -1.05.